The average Bonchev–Trinajstić information content (AvgIpc) is 3.42. The lowest BCUT2D eigenvalue weighted by molar-refractivity contribution is -0.196. The van der Waals surface area contributed by atoms with Crippen LogP contribution in [0, 0.1) is 0 Å². The van der Waals surface area contributed by atoms with Crippen molar-refractivity contribution in [3.05, 3.63) is 108 Å². The molecule has 2 fully saturated rings. The third-order valence-corrected chi connectivity index (χ3v) is 7.91. The second-order valence-electron chi connectivity index (χ2n) is 10.0. The average molecular weight is 593 g/mol. The maximum atomic E-state index is 13.5. The number of esters is 1. The van der Waals surface area contributed by atoms with Crippen LogP contribution >= 0.6 is 0 Å². The van der Waals surface area contributed by atoms with Gasteiger partial charge in [-0.3, -0.25) is 4.18 Å². The van der Waals surface area contributed by atoms with Crippen molar-refractivity contribution in [1.29, 1.82) is 0 Å². The van der Waals surface area contributed by atoms with Crippen molar-refractivity contribution in [1.82, 2.24) is 0 Å². The van der Waals surface area contributed by atoms with Crippen LogP contribution in [0.25, 0.3) is 0 Å². The van der Waals surface area contributed by atoms with Gasteiger partial charge in [0.25, 0.3) is 0 Å². The van der Waals surface area contributed by atoms with E-state index in [1.165, 1.54) is 13.8 Å². The van der Waals surface area contributed by atoms with Gasteiger partial charge in [0.05, 0.1) is 6.61 Å². The summed E-state index contributed by atoms with van der Waals surface area (Å²) in [7, 11) is -6.14. The van der Waals surface area contributed by atoms with E-state index in [0.717, 1.165) is 0 Å². The molecule has 12 heteroatoms. The van der Waals surface area contributed by atoms with Gasteiger partial charge in [-0.05, 0) is 30.5 Å². The van der Waals surface area contributed by atoms with Crippen molar-refractivity contribution in [2.45, 2.75) is 55.2 Å². The quantitative estimate of drug-likeness (QED) is 0.153. The number of ether oxygens (including phenoxy) is 4. The van der Waals surface area contributed by atoms with Gasteiger partial charge in [-0.2, -0.15) is 21.6 Å². The molecule has 2 saturated heterocycles. The van der Waals surface area contributed by atoms with Gasteiger partial charge in [-0.1, -0.05) is 91.0 Å². The minimum absolute atomic E-state index is 0.609. The van der Waals surface area contributed by atoms with Gasteiger partial charge >= 0.3 is 21.6 Å². The molecule has 0 saturated carbocycles. The van der Waals surface area contributed by atoms with Gasteiger partial charge in [-0.15, -0.1) is 0 Å². The van der Waals surface area contributed by atoms with Crippen LogP contribution in [0.1, 0.15) is 30.5 Å². The van der Waals surface area contributed by atoms with E-state index >= 15 is 0 Å². The van der Waals surface area contributed by atoms with Gasteiger partial charge in [0.1, 0.15) is 17.8 Å². The minimum atomic E-state index is -6.14. The van der Waals surface area contributed by atoms with Crippen LogP contribution in [0.15, 0.2) is 91.0 Å². The first-order valence-corrected chi connectivity index (χ1v) is 14.1. The zero-order chi connectivity index (χ0) is 29.5. The summed E-state index contributed by atoms with van der Waals surface area (Å²) < 4.78 is 92.8. The van der Waals surface area contributed by atoms with Crippen molar-refractivity contribution in [3.8, 4) is 0 Å². The summed E-state index contributed by atoms with van der Waals surface area (Å²) >= 11 is 0. The van der Waals surface area contributed by atoms with E-state index in [9.17, 15) is 26.4 Å². The Labute approximate surface area is 235 Å². The van der Waals surface area contributed by atoms with Gasteiger partial charge in [0, 0.05) is 0 Å². The predicted molar refractivity (Wildman–Crippen MR) is 139 cm³/mol. The topological polar surface area (TPSA) is 97.4 Å². The number of carbonyl (C=O) groups excluding carboxylic acids is 1. The smallest absolute Gasteiger partial charge is 0.455 e. The number of benzene rings is 3. The van der Waals surface area contributed by atoms with E-state index in [-0.39, 0.29) is 0 Å². The first kappa shape index (κ1) is 29.2. The SMILES string of the molecule is CC1(C)O[C@@H]2[C@H]([C@@H](COC(c3ccccc3)(c3ccccc3)c3ccccc3)OS(=O)(=O)C(F)(F)F)OC(=O)[C@@H]2O1. The molecule has 3 aromatic carbocycles. The van der Waals surface area contributed by atoms with E-state index in [0.29, 0.717) is 16.7 Å². The first-order chi connectivity index (χ1) is 19.3. The molecule has 0 bridgehead atoms. The number of halogens is 3. The molecule has 0 radical (unpaired) electrons. The summed E-state index contributed by atoms with van der Waals surface area (Å²) in [5.74, 6) is -2.19. The predicted octanol–water partition coefficient (Wildman–Crippen LogP) is 4.68. The van der Waals surface area contributed by atoms with Crippen LogP contribution in [0.5, 0.6) is 0 Å². The summed E-state index contributed by atoms with van der Waals surface area (Å²) in [6.07, 6.45) is -6.06. The molecule has 2 aliphatic heterocycles. The molecule has 41 heavy (non-hydrogen) atoms. The van der Waals surface area contributed by atoms with Gasteiger partial charge in [0.15, 0.2) is 18.0 Å². The Morgan fingerprint density at radius 2 is 1.29 bits per heavy atom. The maximum absolute atomic E-state index is 13.5. The summed E-state index contributed by atoms with van der Waals surface area (Å²) in [5, 5.41) is 0. The van der Waals surface area contributed by atoms with Crippen molar-refractivity contribution in [2.24, 2.45) is 0 Å². The number of hydrogen-bond donors (Lipinski definition) is 0. The molecule has 2 heterocycles. The van der Waals surface area contributed by atoms with E-state index in [1.807, 2.05) is 0 Å². The Morgan fingerprint density at radius 1 is 0.829 bits per heavy atom. The molecule has 0 N–H and O–H groups in total. The van der Waals surface area contributed by atoms with Crippen LogP contribution in [0.2, 0.25) is 0 Å². The molecule has 8 nitrogen and oxygen atoms in total. The molecule has 5 rings (SSSR count). The standard InChI is InChI=1S/C29H27F3O8S/c1-27(2)38-24-23(37-26(33)25(24)39-27)22(40-41(34,35)29(30,31)32)18-36-28(19-12-6-3-7-13-19,20-14-8-4-9-15-20)21-16-10-5-11-17-21/h3-17,22-25H,18H2,1-2H3/t22-,23+,24-,25-/m1/s1. The lowest BCUT2D eigenvalue weighted by atomic mass is 9.80. The van der Waals surface area contributed by atoms with Crippen LogP contribution in [0.4, 0.5) is 13.2 Å². The van der Waals surface area contributed by atoms with Gasteiger partial charge in [-0.25, -0.2) is 4.79 Å². The largest absolute Gasteiger partial charge is 0.523 e. The monoisotopic (exact) mass is 592 g/mol. The molecule has 0 spiro atoms. The van der Waals surface area contributed by atoms with Crippen LogP contribution in [-0.2, 0) is 43.6 Å². The summed E-state index contributed by atoms with van der Waals surface area (Å²) in [5.41, 5.74) is -5.34. The Morgan fingerprint density at radius 3 is 1.73 bits per heavy atom. The zero-order valence-corrected chi connectivity index (χ0v) is 22.8. The van der Waals surface area contributed by atoms with Gasteiger partial charge < -0.3 is 18.9 Å². The lowest BCUT2D eigenvalue weighted by Crippen LogP contribution is -2.47. The fourth-order valence-electron chi connectivity index (χ4n) is 5.14. The molecule has 0 aliphatic carbocycles. The van der Waals surface area contributed by atoms with Crippen molar-refractivity contribution < 1.29 is 49.5 Å². The van der Waals surface area contributed by atoms with E-state index in [1.54, 1.807) is 91.0 Å². The van der Waals surface area contributed by atoms with Crippen LogP contribution < -0.4 is 0 Å². The number of alkyl halides is 3. The third-order valence-electron chi connectivity index (χ3n) is 6.84. The fourth-order valence-corrected chi connectivity index (χ4v) is 5.74. The highest BCUT2D eigenvalue weighted by atomic mass is 32.2. The second-order valence-corrected chi connectivity index (χ2v) is 11.6. The molecule has 4 atom stereocenters. The molecule has 0 amide bonds. The van der Waals surface area contributed by atoms with E-state index in [2.05, 4.69) is 0 Å². The summed E-state index contributed by atoms with van der Waals surface area (Å²) in [6.45, 7) is 2.28. The number of hydrogen-bond acceptors (Lipinski definition) is 8. The number of cyclic esters (lactones) is 1. The first-order valence-electron chi connectivity index (χ1n) is 12.7. The normalized spacial score (nSPS) is 23.1. The van der Waals surface area contributed by atoms with E-state index in [4.69, 9.17) is 23.1 Å². The van der Waals surface area contributed by atoms with Crippen molar-refractivity contribution in [2.75, 3.05) is 6.61 Å². The molecular formula is C29H27F3O8S. The third kappa shape index (κ3) is 5.62. The second kappa shape index (κ2) is 10.8. The highest BCUT2D eigenvalue weighted by Crippen LogP contribution is 2.43. The summed E-state index contributed by atoms with van der Waals surface area (Å²) in [6, 6.07) is 26.7. The number of rotatable bonds is 9. The number of carbonyl (C=O) groups is 1. The highest BCUT2D eigenvalue weighted by Gasteiger charge is 2.60. The number of fused-ring (bicyclic) bond motifs is 1. The molecule has 2 aliphatic rings. The minimum Gasteiger partial charge on any atom is -0.455 e. The van der Waals surface area contributed by atoms with Gasteiger partial charge in [0.2, 0.25) is 0 Å². The van der Waals surface area contributed by atoms with Crippen LogP contribution in [0.3, 0.4) is 0 Å². The molecule has 0 unspecified atom stereocenters. The fraction of sp³-hybridized carbons (Fsp3) is 0.345. The van der Waals surface area contributed by atoms with E-state index < -0.39 is 64.0 Å². The Kier molecular flexibility index (Phi) is 7.72. The summed E-state index contributed by atoms with van der Waals surface area (Å²) in [4.78, 5) is 12.6. The zero-order valence-electron chi connectivity index (χ0n) is 22.0. The van der Waals surface area contributed by atoms with Crippen molar-refractivity contribution in [3.63, 3.8) is 0 Å². The van der Waals surface area contributed by atoms with Crippen LogP contribution in [-0.4, -0.2) is 56.7 Å². The highest BCUT2D eigenvalue weighted by molar-refractivity contribution is 7.87. The lowest BCUT2D eigenvalue weighted by Gasteiger charge is -2.37. The molecule has 218 valence electrons. The Hall–Kier alpha value is -3.29. The maximum Gasteiger partial charge on any atom is 0.523 e. The Balaban J connectivity index is 1.60. The molecular weight excluding hydrogens is 565 g/mol. The van der Waals surface area contributed by atoms with Crippen molar-refractivity contribution >= 4 is 16.1 Å². The molecule has 3 aromatic rings. The molecule has 0 aromatic heterocycles. The Bertz CT molecular complexity index is 1370.